The molecule has 0 atom stereocenters. The second-order valence-corrected chi connectivity index (χ2v) is 8.95. The highest BCUT2D eigenvalue weighted by Gasteiger charge is 2.19. The summed E-state index contributed by atoms with van der Waals surface area (Å²) < 4.78 is 1.89. The molecule has 0 saturated carbocycles. The highest BCUT2D eigenvalue weighted by Crippen LogP contribution is 2.28. The van der Waals surface area contributed by atoms with Crippen molar-refractivity contribution in [2.75, 3.05) is 0 Å². The predicted molar refractivity (Wildman–Crippen MR) is 139 cm³/mol. The largest absolute Gasteiger partial charge is 0.290 e. The van der Waals surface area contributed by atoms with Crippen LogP contribution in [-0.2, 0) is 19.4 Å². The van der Waals surface area contributed by atoms with E-state index in [-0.39, 0.29) is 11.9 Å². The lowest BCUT2D eigenvalue weighted by Crippen LogP contribution is -2.33. The summed E-state index contributed by atoms with van der Waals surface area (Å²) in [5, 5.41) is 4.63. The van der Waals surface area contributed by atoms with Crippen LogP contribution in [-0.4, -0.2) is 20.5 Å². The Kier molecular flexibility index (Phi) is 7.58. The normalized spacial score (nSPS) is 13.8. The number of nitrogens with zero attached hydrogens (tertiary/aromatic N) is 3. The molecule has 0 unspecified atom stereocenters. The van der Waals surface area contributed by atoms with Crippen LogP contribution in [0.25, 0.3) is 11.1 Å². The molecule has 1 aliphatic heterocycles. The molecule has 1 saturated heterocycles. The molecule has 1 aromatic heterocycles. The van der Waals surface area contributed by atoms with Gasteiger partial charge in [-0.05, 0) is 34.2 Å². The van der Waals surface area contributed by atoms with E-state index < -0.39 is 0 Å². The zero-order valence-corrected chi connectivity index (χ0v) is 20.4. The zero-order chi connectivity index (χ0) is 24.7. The molecule has 5 rings (SSSR count). The number of hydrogen-bond acceptors (Lipinski definition) is 7. The summed E-state index contributed by atoms with van der Waals surface area (Å²) in [6, 6.07) is 26.6. The Morgan fingerprint density at radius 2 is 1.61 bits per heavy atom. The minimum absolute atomic E-state index is 0.0380. The van der Waals surface area contributed by atoms with Gasteiger partial charge in [0.1, 0.15) is 12.0 Å². The van der Waals surface area contributed by atoms with Crippen molar-refractivity contribution in [2.24, 2.45) is 0 Å². The van der Waals surface area contributed by atoms with Gasteiger partial charge in [-0.3, -0.25) is 4.79 Å². The molecular formula is C28H31N7O. The summed E-state index contributed by atoms with van der Waals surface area (Å²) in [6.07, 6.45) is 3.14. The quantitative estimate of drug-likeness (QED) is 0.255. The molecule has 0 aliphatic carbocycles. The second kappa shape index (κ2) is 11.4. The number of Topliss-reactive ketones (excluding diaryl/α,β-unsaturated/α-hetero) is 1. The number of unbranched alkanes of at least 4 members (excludes halogenated alkanes) is 1. The number of rotatable bonds is 10. The number of carbonyl (C=O) groups is 1. The van der Waals surface area contributed by atoms with Crippen molar-refractivity contribution >= 4 is 5.78 Å². The Bertz CT molecular complexity index is 1300. The molecule has 36 heavy (non-hydrogen) atoms. The van der Waals surface area contributed by atoms with Crippen LogP contribution in [0.4, 0.5) is 0 Å². The van der Waals surface area contributed by atoms with E-state index >= 15 is 0 Å². The van der Waals surface area contributed by atoms with Gasteiger partial charge in [-0.15, -0.1) is 5.10 Å². The van der Waals surface area contributed by atoms with Crippen LogP contribution < -0.4 is 21.9 Å². The van der Waals surface area contributed by atoms with E-state index in [9.17, 15) is 4.79 Å². The van der Waals surface area contributed by atoms with Crippen LogP contribution in [0.15, 0.2) is 78.9 Å². The zero-order valence-electron chi connectivity index (χ0n) is 20.4. The molecule has 3 aromatic carbocycles. The lowest BCUT2D eigenvalue weighted by Gasteiger charge is -2.15. The van der Waals surface area contributed by atoms with Crippen molar-refractivity contribution in [3.05, 3.63) is 107 Å². The predicted octanol–water partition coefficient (Wildman–Crippen LogP) is 3.88. The molecule has 0 spiro atoms. The average molecular weight is 482 g/mol. The molecular weight excluding hydrogens is 450 g/mol. The van der Waals surface area contributed by atoms with Gasteiger partial charge >= 0.3 is 0 Å². The minimum atomic E-state index is -0.0530. The molecule has 8 nitrogen and oxygen atoms in total. The molecule has 1 aliphatic rings. The molecule has 1 fully saturated rings. The van der Waals surface area contributed by atoms with Crippen molar-refractivity contribution in [1.82, 2.24) is 36.7 Å². The highest BCUT2D eigenvalue weighted by atomic mass is 16.1. The fourth-order valence-corrected chi connectivity index (χ4v) is 4.38. The summed E-state index contributed by atoms with van der Waals surface area (Å²) in [6.45, 7) is 2.73. The van der Waals surface area contributed by atoms with E-state index in [2.05, 4.69) is 75.3 Å². The van der Waals surface area contributed by atoms with Gasteiger partial charge in [-0.2, -0.15) is 11.1 Å². The Morgan fingerprint density at radius 3 is 2.36 bits per heavy atom. The fourth-order valence-electron chi connectivity index (χ4n) is 4.38. The number of hydrazine groups is 3. The van der Waals surface area contributed by atoms with Crippen LogP contribution in [0.3, 0.4) is 0 Å². The molecule has 184 valence electrons. The maximum Gasteiger partial charge on any atom is 0.217 e. The van der Waals surface area contributed by atoms with Gasteiger partial charge in [0.15, 0.2) is 0 Å². The Morgan fingerprint density at radius 1 is 0.889 bits per heavy atom. The third kappa shape index (κ3) is 5.58. The third-order valence-corrected chi connectivity index (χ3v) is 6.32. The van der Waals surface area contributed by atoms with Gasteiger partial charge in [0, 0.05) is 12.8 Å². The molecule has 8 heteroatoms. The van der Waals surface area contributed by atoms with E-state index in [4.69, 9.17) is 0 Å². The Balaban J connectivity index is 1.35. The van der Waals surface area contributed by atoms with Gasteiger partial charge in [0.2, 0.25) is 11.6 Å². The molecule has 0 bridgehead atoms. The SMILES string of the molecule is CCCCc1nc(C(=O)Cc2ccccc2)nn1Cc1ccc(-c2ccccc2C2NNNN2)cc1. The van der Waals surface area contributed by atoms with Crippen LogP contribution in [0.2, 0.25) is 0 Å². The summed E-state index contributed by atoms with van der Waals surface area (Å²) in [5.74, 6) is 1.11. The molecule has 4 N–H and O–H groups in total. The van der Waals surface area contributed by atoms with Crippen molar-refractivity contribution < 1.29 is 4.79 Å². The first kappa shape index (κ1) is 24.0. The first-order valence-electron chi connectivity index (χ1n) is 12.4. The lowest BCUT2D eigenvalue weighted by atomic mass is 9.97. The van der Waals surface area contributed by atoms with Gasteiger partial charge in [0.05, 0.1) is 6.54 Å². The number of hydrogen-bond donors (Lipinski definition) is 4. The van der Waals surface area contributed by atoms with Crippen molar-refractivity contribution in [2.45, 2.75) is 45.3 Å². The maximum absolute atomic E-state index is 12.9. The van der Waals surface area contributed by atoms with Crippen LogP contribution in [0, 0.1) is 0 Å². The van der Waals surface area contributed by atoms with Gasteiger partial charge in [-0.1, -0.05) is 92.2 Å². The lowest BCUT2D eigenvalue weighted by molar-refractivity contribution is 0.0982. The topological polar surface area (TPSA) is 95.9 Å². The standard InChI is InChI=1S/C28H31N7O/c1-2-3-13-26-29-28(25(36)18-20-9-5-4-6-10-20)32-35(26)19-21-14-16-22(17-15-21)23-11-7-8-12-24(23)27-30-33-34-31-27/h4-12,14-17,27,30-31,33-34H,2-3,13,18-19H2,1H3. The third-order valence-electron chi connectivity index (χ3n) is 6.32. The van der Waals surface area contributed by atoms with Crippen molar-refractivity contribution in [3.63, 3.8) is 0 Å². The van der Waals surface area contributed by atoms with Crippen LogP contribution >= 0.6 is 0 Å². The smallest absolute Gasteiger partial charge is 0.217 e. The summed E-state index contributed by atoms with van der Waals surface area (Å²) >= 11 is 0. The van der Waals surface area contributed by atoms with Crippen LogP contribution in [0.5, 0.6) is 0 Å². The van der Waals surface area contributed by atoms with E-state index in [1.165, 1.54) is 0 Å². The number of nitrogens with one attached hydrogen (secondary N) is 4. The summed E-state index contributed by atoms with van der Waals surface area (Å²) in [5.41, 5.74) is 17.6. The second-order valence-electron chi connectivity index (χ2n) is 8.95. The summed E-state index contributed by atoms with van der Waals surface area (Å²) in [7, 11) is 0. The minimum Gasteiger partial charge on any atom is -0.290 e. The monoisotopic (exact) mass is 481 g/mol. The number of carbonyl (C=O) groups excluding carboxylic acids is 1. The van der Waals surface area contributed by atoms with Crippen LogP contribution in [0.1, 0.15) is 59.1 Å². The van der Waals surface area contributed by atoms with Gasteiger partial charge < -0.3 is 0 Å². The van der Waals surface area contributed by atoms with Gasteiger partial charge in [0.25, 0.3) is 0 Å². The van der Waals surface area contributed by atoms with Gasteiger partial charge in [-0.25, -0.2) is 20.5 Å². The number of aromatic nitrogens is 3. The highest BCUT2D eigenvalue weighted by molar-refractivity contribution is 5.94. The molecule has 0 amide bonds. The van der Waals surface area contributed by atoms with Crippen molar-refractivity contribution in [1.29, 1.82) is 0 Å². The molecule has 4 aromatic rings. The first-order chi connectivity index (χ1) is 17.7. The molecule has 2 heterocycles. The summed E-state index contributed by atoms with van der Waals surface area (Å²) in [4.78, 5) is 17.5. The Hall–Kier alpha value is -3.69. The molecule has 0 radical (unpaired) electrons. The van der Waals surface area contributed by atoms with Crippen molar-refractivity contribution in [3.8, 4) is 11.1 Å². The van der Waals surface area contributed by atoms with E-state index in [0.29, 0.717) is 18.8 Å². The number of benzene rings is 3. The Labute approximate surface area is 211 Å². The van der Waals surface area contributed by atoms with E-state index in [0.717, 1.165) is 52.9 Å². The maximum atomic E-state index is 12.9. The number of aryl methyl sites for hydroxylation is 1. The number of ketones is 1. The van der Waals surface area contributed by atoms with E-state index in [1.54, 1.807) is 0 Å². The van der Waals surface area contributed by atoms with E-state index in [1.807, 2.05) is 47.1 Å². The average Bonchev–Trinajstić information content (AvgIpc) is 3.59. The first-order valence-corrected chi connectivity index (χ1v) is 12.4. The fraction of sp³-hybridized carbons (Fsp3) is 0.250.